The van der Waals surface area contributed by atoms with E-state index in [1.165, 1.54) is 27.8 Å². The highest BCUT2D eigenvalue weighted by Gasteiger charge is 2.10. The monoisotopic (exact) mass is 230 g/mol. The highest BCUT2D eigenvalue weighted by Crippen LogP contribution is 2.32. The molecule has 2 aromatic carbocycles. The van der Waals surface area contributed by atoms with E-state index >= 15 is 0 Å². The standard InChI is InChI=1S/C18H14/c1-14-12-13-15-8-4-3-7-11-17(15)18(14)16-9-5-2-6-10-16/h2-6,8-13H,1H3. The van der Waals surface area contributed by atoms with Gasteiger partial charge in [0.05, 0.1) is 0 Å². The third-order valence-corrected chi connectivity index (χ3v) is 3.25. The lowest BCUT2D eigenvalue weighted by atomic mass is 9.91. The average molecular weight is 230 g/mol. The fourth-order valence-electron chi connectivity index (χ4n) is 2.37. The Morgan fingerprint density at radius 1 is 0.944 bits per heavy atom. The van der Waals surface area contributed by atoms with Crippen molar-refractivity contribution in [1.82, 2.24) is 0 Å². The third-order valence-electron chi connectivity index (χ3n) is 3.25. The number of hydrogen-bond donors (Lipinski definition) is 0. The van der Waals surface area contributed by atoms with E-state index in [1.54, 1.807) is 0 Å². The van der Waals surface area contributed by atoms with Gasteiger partial charge in [-0.15, -0.1) is 5.73 Å². The molecule has 3 rings (SSSR count). The minimum atomic E-state index is 1.25. The van der Waals surface area contributed by atoms with Crippen LogP contribution < -0.4 is 0 Å². The van der Waals surface area contributed by atoms with E-state index in [-0.39, 0.29) is 0 Å². The second-order valence-corrected chi connectivity index (χ2v) is 4.46. The summed E-state index contributed by atoms with van der Waals surface area (Å²) in [6.45, 7) is 2.16. The first-order valence-corrected chi connectivity index (χ1v) is 6.14. The molecule has 0 heteroatoms. The Balaban J connectivity index is 2.33. The van der Waals surface area contributed by atoms with Gasteiger partial charge in [0.2, 0.25) is 0 Å². The summed E-state index contributed by atoms with van der Waals surface area (Å²) < 4.78 is 0. The zero-order valence-electron chi connectivity index (χ0n) is 10.4. The van der Waals surface area contributed by atoms with Crippen LogP contribution in [0.3, 0.4) is 0 Å². The average Bonchev–Trinajstić information content (AvgIpc) is 2.65. The molecule has 0 spiro atoms. The van der Waals surface area contributed by atoms with Crippen molar-refractivity contribution in [2.24, 2.45) is 0 Å². The van der Waals surface area contributed by atoms with Gasteiger partial charge in [0, 0.05) is 0 Å². The fourth-order valence-corrected chi connectivity index (χ4v) is 2.37. The summed E-state index contributed by atoms with van der Waals surface area (Å²) in [7, 11) is 0. The van der Waals surface area contributed by atoms with Gasteiger partial charge in [0.25, 0.3) is 0 Å². The number of rotatable bonds is 1. The van der Waals surface area contributed by atoms with E-state index < -0.39 is 0 Å². The number of fused-ring (bicyclic) bond motifs is 1. The van der Waals surface area contributed by atoms with Gasteiger partial charge in [-0.2, -0.15) is 0 Å². The molecule has 0 N–H and O–H groups in total. The Kier molecular flexibility index (Phi) is 2.72. The maximum absolute atomic E-state index is 3.20. The van der Waals surface area contributed by atoms with Gasteiger partial charge in [-0.3, -0.25) is 0 Å². The fraction of sp³-hybridized carbons (Fsp3) is 0.0556. The summed E-state index contributed by atoms with van der Waals surface area (Å²) in [5.41, 5.74) is 9.58. The summed E-state index contributed by atoms with van der Waals surface area (Å²) >= 11 is 0. The maximum atomic E-state index is 3.20. The first kappa shape index (κ1) is 10.8. The minimum Gasteiger partial charge on any atom is -0.120 e. The van der Waals surface area contributed by atoms with E-state index in [0.29, 0.717) is 0 Å². The van der Waals surface area contributed by atoms with Crippen LogP contribution in [0.4, 0.5) is 0 Å². The van der Waals surface area contributed by atoms with Crippen molar-refractivity contribution >= 4 is 12.2 Å². The topological polar surface area (TPSA) is 0 Å². The second kappa shape index (κ2) is 4.52. The second-order valence-electron chi connectivity index (χ2n) is 4.46. The van der Waals surface area contributed by atoms with E-state index in [1.807, 2.05) is 12.2 Å². The largest absolute Gasteiger partial charge is 0.120 e. The lowest BCUT2D eigenvalue weighted by molar-refractivity contribution is 1.43. The Hall–Kier alpha value is -2.30. The van der Waals surface area contributed by atoms with Crippen molar-refractivity contribution in [3.63, 3.8) is 0 Å². The van der Waals surface area contributed by atoms with Gasteiger partial charge in [-0.05, 0) is 46.9 Å². The number of benzene rings is 2. The van der Waals surface area contributed by atoms with E-state index in [0.717, 1.165) is 0 Å². The van der Waals surface area contributed by atoms with Gasteiger partial charge in [0.15, 0.2) is 0 Å². The molecular formula is C18H14. The molecule has 0 unspecified atom stereocenters. The van der Waals surface area contributed by atoms with Crippen molar-refractivity contribution in [3.05, 3.63) is 77.0 Å². The van der Waals surface area contributed by atoms with Crippen LogP contribution in [-0.4, -0.2) is 0 Å². The molecule has 1 aliphatic rings. The molecule has 0 amide bonds. The minimum absolute atomic E-state index is 1.25. The zero-order chi connectivity index (χ0) is 12.4. The number of aryl methyl sites for hydroxylation is 1. The van der Waals surface area contributed by atoms with Gasteiger partial charge in [-0.1, -0.05) is 54.6 Å². The van der Waals surface area contributed by atoms with Gasteiger partial charge in [0.1, 0.15) is 0 Å². The molecule has 86 valence electrons. The molecule has 0 aliphatic heterocycles. The predicted molar refractivity (Wildman–Crippen MR) is 78.2 cm³/mol. The van der Waals surface area contributed by atoms with Crippen LogP contribution in [0.2, 0.25) is 0 Å². The van der Waals surface area contributed by atoms with E-state index in [4.69, 9.17) is 0 Å². The maximum Gasteiger partial charge on any atom is -0.00255 e. The van der Waals surface area contributed by atoms with Crippen LogP contribution in [-0.2, 0) is 0 Å². The van der Waals surface area contributed by atoms with E-state index in [2.05, 4.69) is 67.3 Å². The summed E-state index contributed by atoms with van der Waals surface area (Å²) in [4.78, 5) is 0. The molecule has 0 bridgehead atoms. The normalized spacial score (nSPS) is 12.3. The van der Waals surface area contributed by atoms with Crippen molar-refractivity contribution in [2.45, 2.75) is 6.92 Å². The third kappa shape index (κ3) is 1.84. The van der Waals surface area contributed by atoms with Crippen LogP contribution in [0.5, 0.6) is 0 Å². The summed E-state index contributed by atoms with van der Waals surface area (Å²) in [5, 5.41) is 0. The molecule has 1 aliphatic carbocycles. The Bertz CT molecular complexity index is 667. The van der Waals surface area contributed by atoms with Crippen LogP contribution in [0.15, 0.2) is 60.3 Å². The van der Waals surface area contributed by atoms with Crippen LogP contribution in [0.1, 0.15) is 16.7 Å². The quantitative estimate of drug-likeness (QED) is 0.614. The van der Waals surface area contributed by atoms with Crippen LogP contribution in [0, 0.1) is 6.92 Å². The van der Waals surface area contributed by atoms with Crippen molar-refractivity contribution < 1.29 is 0 Å². The Labute approximate surface area is 108 Å². The lowest BCUT2D eigenvalue weighted by Crippen LogP contribution is -1.91. The number of hydrogen-bond acceptors (Lipinski definition) is 0. The summed E-state index contributed by atoms with van der Waals surface area (Å²) in [5.74, 6) is 0. The van der Waals surface area contributed by atoms with Crippen molar-refractivity contribution in [3.8, 4) is 11.1 Å². The summed E-state index contributed by atoms with van der Waals surface area (Å²) in [6, 6.07) is 14.9. The first-order valence-electron chi connectivity index (χ1n) is 6.14. The zero-order valence-corrected chi connectivity index (χ0v) is 10.4. The van der Waals surface area contributed by atoms with Gasteiger partial charge in [-0.25, -0.2) is 0 Å². The highest BCUT2D eigenvalue weighted by molar-refractivity contribution is 5.84. The SMILES string of the molecule is Cc1ccc2c(c1-c1ccccc1)C=C=CC=C2. The molecule has 0 radical (unpaired) electrons. The molecule has 0 fully saturated rings. The number of allylic oxidation sites excluding steroid dienone is 2. The van der Waals surface area contributed by atoms with Crippen molar-refractivity contribution in [1.29, 1.82) is 0 Å². The molecule has 0 atom stereocenters. The van der Waals surface area contributed by atoms with Crippen LogP contribution in [0.25, 0.3) is 23.3 Å². The lowest BCUT2D eigenvalue weighted by Gasteiger charge is -2.12. The Morgan fingerprint density at radius 3 is 2.61 bits per heavy atom. The predicted octanol–water partition coefficient (Wildman–Crippen LogP) is 4.86. The van der Waals surface area contributed by atoms with Gasteiger partial charge < -0.3 is 0 Å². The molecule has 18 heavy (non-hydrogen) atoms. The highest BCUT2D eigenvalue weighted by atomic mass is 14.1. The smallest absolute Gasteiger partial charge is 0.00255 e. The van der Waals surface area contributed by atoms with Crippen LogP contribution >= 0.6 is 0 Å². The van der Waals surface area contributed by atoms with Crippen molar-refractivity contribution in [2.75, 3.05) is 0 Å². The molecule has 0 heterocycles. The molecular weight excluding hydrogens is 216 g/mol. The molecule has 0 aromatic heterocycles. The molecule has 2 aromatic rings. The first-order chi connectivity index (χ1) is 8.86. The van der Waals surface area contributed by atoms with Gasteiger partial charge >= 0.3 is 0 Å². The summed E-state index contributed by atoms with van der Waals surface area (Å²) in [6.07, 6.45) is 8.19. The molecule has 0 saturated carbocycles. The Morgan fingerprint density at radius 2 is 1.78 bits per heavy atom. The molecule has 0 saturated heterocycles. The molecule has 0 nitrogen and oxygen atoms in total. The van der Waals surface area contributed by atoms with E-state index in [9.17, 15) is 0 Å².